The van der Waals surface area contributed by atoms with E-state index in [1.165, 1.54) is 70.9 Å². The lowest BCUT2D eigenvalue weighted by Gasteiger charge is -2.32. The molecule has 0 spiro atoms. The first-order valence-electron chi connectivity index (χ1n) is 23.7. The van der Waals surface area contributed by atoms with Gasteiger partial charge in [-0.1, -0.05) is 162 Å². The molecule has 8 heteroatoms. The van der Waals surface area contributed by atoms with E-state index in [4.69, 9.17) is 14.3 Å². The second-order valence-electron chi connectivity index (χ2n) is 23.5. The fourth-order valence-electron chi connectivity index (χ4n) is 8.56. The molecule has 1 aliphatic rings. The summed E-state index contributed by atoms with van der Waals surface area (Å²) in [5.74, 6) is 0. The van der Waals surface area contributed by atoms with Gasteiger partial charge in [0.05, 0.1) is 16.9 Å². The lowest BCUT2D eigenvalue weighted by atomic mass is 9.71. The van der Waals surface area contributed by atoms with E-state index in [0.29, 0.717) is 0 Å². The van der Waals surface area contributed by atoms with Crippen molar-refractivity contribution >= 4 is 103 Å². The van der Waals surface area contributed by atoms with E-state index in [0.717, 1.165) is 25.0 Å². The van der Waals surface area contributed by atoms with Crippen LogP contribution in [0, 0.1) is 0 Å². The van der Waals surface area contributed by atoms with Crippen LogP contribution in [-0.2, 0) is 31.0 Å². The van der Waals surface area contributed by atoms with Crippen molar-refractivity contribution in [2.24, 2.45) is 0 Å². The number of pyridine rings is 2. The maximum absolute atomic E-state index is 6.57. The summed E-state index contributed by atoms with van der Waals surface area (Å²) in [5, 5.41) is 9.95. The summed E-state index contributed by atoms with van der Waals surface area (Å²) in [6, 6.07) is 44.0. The Labute approximate surface area is 432 Å². The van der Waals surface area contributed by atoms with Gasteiger partial charge >= 0.3 is 7.12 Å². The van der Waals surface area contributed by atoms with Crippen LogP contribution < -0.4 is 5.46 Å². The molecule has 1 fully saturated rings. The zero-order valence-corrected chi connectivity index (χ0v) is 47.7. The summed E-state index contributed by atoms with van der Waals surface area (Å²) in [5.41, 5.74) is 8.36. The first-order valence-corrected chi connectivity index (χ1v) is 26.1. The molecule has 9 rings (SSSR count). The molecule has 2 aromatic heterocycles. The van der Waals surface area contributed by atoms with Gasteiger partial charge in [0.1, 0.15) is 13.8 Å². The van der Waals surface area contributed by atoms with Crippen LogP contribution in [0.25, 0.3) is 54.3 Å². The van der Waals surface area contributed by atoms with Crippen molar-refractivity contribution in [2.75, 3.05) is 0 Å². The van der Waals surface area contributed by atoms with Gasteiger partial charge in [0.25, 0.3) is 0 Å². The monoisotopic (exact) mass is 1100 g/mol. The third-order valence-corrected chi connectivity index (χ3v) is 14.9. The second kappa shape index (κ2) is 19.0. The third kappa shape index (κ3) is 11.3. The van der Waals surface area contributed by atoms with Gasteiger partial charge in [0, 0.05) is 5.56 Å². The largest absolute Gasteiger partial charge is 0.496 e. The summed E-state index contributed by atoms with van der Waals surface area (Å²) >= 11 is 10.0. The minimum atomic E-state index is -0.396. The van der Waals surface area contributed by atoms with Gasteiger partial charge in [-0.25, -0.2) is 9.97 Å². The number of halogens is 3. The van der Waals surface area contributed by atoms with E-state index in [1.807, 2.05) is 24.3 Å². The molecule has 68 heavy (non-hydrogen) atoms. The maximum atomic E-state index is 6.57. The lowest BCUT2D eigenvalue weighted by Crippen LogP contribution is -2.41. The highest BCUT2D eigenvalue weighted by molar-refractivity contribution is 9.11. The number of fused-ring (bicyclic) bond motifs is 4. The smallest absolute Gasteiger partial charge is 0.399 e. The normalized spacial score (nSPS) is 15.1. The fourth-order valence-corrected chi connectivity index (χ4v) is 9.83. The second-order valence-corrected chi connectivity index (χ2v) is 25.9. The van der Waals surface area contributed by atoms with Crippen LogP contribution in [0.1, 0.15) is 133 Å². The molecule has 0 aliphatic carbocycles. The zero-order chi connectivity index (χ0) is 49.9. The number of aromatic nitrogens is 2. The van der Waals surface area contributed by atoms with Crippen molar-refractivity contribution in [3.05, 3.63) is 157 Å². The Kier molecular flexibility index (Phi) is 14.5. The van der Waals surface area contributed by atoms with Crippen LogP contribution in [0.4, 0.5) is 0 Å². The van der Waals surface area contributed by atoms with Crippen LogP contribution in [0.5, 0.6) is 0 Å². The van der Waals surface area contributed by atoms with Crippen LogP contribution in [0.2, 0.25) is 0 Å². The van der Waals surface area contributed by atoms with E-state index >= 15 is 0 Å². The van der Waals surface area contributed by atoms with Gasteiger partial charge in [0.2, 0.25) is 0 Å². The van der Waals surface area contributed by atoms with Crippen molar-refractivity contribution in [2.45, 2.75) is 144 Å². The van der Waals surface area contributed by atoms with Gasteiger partial charge in [-0.05, 0) is 210 Å². The molecule has 0 bridgehead atoms. The first kappa shape index (κ1) is 51.9. The first-order chi connectivity index (χ1) is 31.4. The number of benzene rings is 6. The predicted molar refractivity (Wildman–Crippen MR) is 304 cm³/mol. The molecule has 1 aliphatic heterocycles. The fraction of sp³-hybridized carbons (Fsp3) is 0.367. The highest BCUT2D eigenvalue weighted by Crippen LogP contribution is 2.41. The van der Waals surface area contributed by atoms with Crippen LogP contribution in [-0.4, -0.2) is 28.3 Å². The molecule has 0 saturated carbocycles. The summed E-state index contributed by atoms with van der Waals surface area (Å²) in [6.45, 7) is 35.7. The molecule has 6 aromatic carbocycles. The Morgan fingerprint density at radius 3 is 1.22 bits per heavy atom. The van der Waals surface area contributed by atoms with E-state index in [-0.39, 0.29) is 32.9 Å². The molecule has 0 radical (unpaired) electrons. The third-order valence-electron chi connectivity index (χ3n) is 13.6. The van der Waals surface area contributed by atoms with E-state index in [9.17, 15) is 0 Å². The molecule has 1 saturated heterocycles. The average Bonchev–Trinajstić information content (AvgIpc) is 3.45. The average molecular weight is 1100 g/mol. The summed E-state index contributed by atoms with van der Waals surface area (Å²) in [4.78, 5) is 8.83. The summed E-state index contributed by atoms with van der Waals surface area (Å²) in [6.07, 6.45) is 0. The summed E-state index contributed by atoms with van der Waals surface area (Å²) < 4.78 is 15.7. The van der Waals surface area contributed by atoms with Crippen molar-refractivity contribution in [3.8, 4) is 11.3 Å². The van der Waals surface area contributed by atoms with Crippen molar-refractivity contribution in [1.82, 2.24) is 9.97 Å². The molecule has 4 nitrogen and oxygen atoms in total. The Morgan fingerprint density at radius 1 is 0.397 bits per heavy atom. The Balaban J connectivity index is 0.000000173. The Hall–Kier alpha value is -3.92. The van der Waals surface area contributed by atoms with Crippen molar-refractivity contribution in [3.63, 3.8) is 0 Å². The van der Waals surface area contributed by atoms with Gasteiger partial charge in [-0.2, -0.15) is 0 Å². The minimum Gasteiger partial charge on any atom is -0.399 e. The van der Waals surface area contributed by atoms with Gasteiger partial charge < -0.3 is 9.31 Å². The van der Waals surface area contributed by atoms with Crippen LogP contribution in [0.3, 0.4) is 0 Å². The Bertz CT molecular complexity index is 3130. The Morgan fingerprint density at radius 2 is 0.779 bits per heavy atom. The predicted octanol–water partition coefficient (Wildman–Crippen LogP) is 17.9. The van der Waals surface area contributed by atoms with Crippen LogP contribution in [0.15, 0.2) is 135 Å². The quantitative estimate of drug-likeness (QED) is 0.0983. The van der Waals surface area contributed by atoms with E-state index < -0.39 is 7.12 Å². The molecule has 0 N–H and O–H groups in total. The van der Waals surface area contributed by atoms with E-state index in [1.54, 1.807) is 0 Å². The standard InChI is InChI=1S/C28H37BO2.C27H28BrN.C5H3Br2N/c1-25(2,3)20-13-14-22-19(16-20)15-18-11-12-21(26(4,5)6)17-23(18)24(22)29-30-27(7,8)28(9,10)31-29;1-26(2,3)19-12-13-21-18(15-19)14-17-10-11-20(27(4,5)6)16-22(17)25(21)23-8-7-9-24(28)29-23;6-4-2-1-3-5(7)8-4/h11-17H,1-10H3;7-16H,1-6H3;1-3H. The maximum Gasteiger partial charge on any atom is 0.496 e. The number of rotatable bonds is 2. The van der Waals surface area contributed by atoms with Crippen LogP contribution >= 0.6 is 47.8 Å². The minimum absolute atomic E-state index is 0.0758. The van der Waals surface area contributed by atoms with Gasteiger partial charge in [0.15, 0.2) is 0 Å². The van der Waals surface area contributed by atoms with E-state index in [2.05, 4.69) is 261 Å². The number of hydrogen-bond donors (Lipinski definition) is 0. The highest BCUT2D eigenvalue weighted by atomic mass is 79.9. The van der Waals surface area contributed by atoms with Gasteiger partial charge in [-0.15, -0.1) is 0 Å². The number of hydrogen-bond acceptors (Lipinski definition) is 4. The summed E-state index contributed by atoms with van der Waals surface area (Å²) in [7, 11) is -0.396. The van der Waals surface area contributed by atoms with Crippen molar-refractivity contribution < 1.29 is 9.31 Å². The van der Waals surface area contributed by atoms with Gasteiger partial charge in [-0.3, -0.25) is 0 Å². The SMILES string of the molecule is Brc1cccc(Br)n1.CC(C)(C)c1ccc2c(-c3cccc(Br)n3)c3cc(C(C)(C)C)ccc3cc2c1.CC(C)(C)c1ccc2c(B3OC(C)(C)C(C)(C)O3)c3cc(C(C)(C)C)ccc3cc2c1. The molecule has 0 amide bonds. The molecular formula is C60H68BBr3N2O2. The molecular weight excluding hydrogens is 1030 g/mol. The highest BCUT2D eigenvalue weighted by Gasteiger charge is 2.52. The van der Waals surface area contributed by atoms with Crippen molar-refractivity contribution in [1.29, 1.82) is 0 Å². The lowest BCUT2D eigenvalue weighted by molar-refractivity contribution is 0.00578. The molecule has 0 atom stereocenters. The zero-order valence-electron chi connectivity index (χ0n) is 43.0. The molecule has 8 aromatic rings. The molecule has 3 heterocycles. The number of nitrogens with zero attached hydrogens (tertiary/aromatic N) is 2. The molecule has 0 unspecified atom stereocenters. The topological polar surface area (TPSA) is 44.2 Å². The molecule has 354 valence electrons.